The van der Waals surface area contributed by atoms with E-state index in [1.54, 1.807) is 7.11 Å². The highest BCUT2D eigenvalue weighted by Crippen LogP contribution is 2.19. The number of aryl methyl sites for hydroxylation is 2. The predicted octanol–water partition coefficient (Wildman–Crippen LogP) is 1.60. The maximum Gasteiger partial charge on any atom is 0.0860 e. The van der Waals surface area contributed by atoms with E-state index < -0.39 is 0 Å². The van der Waals surface area contributed by atoms with Gasteiger partial charge in [0.2, 0.25) is 0 Å². The summed E-state index contributed by atoms with van der Waals surface area (Å²) in [5.41, 5.74) is 1.94. The fourth-order valence-corrected chi connectivity index (χ4v) is 1.62. The van der Waals surface area contributed by atoms with Crippen LogP contribution in [-0.4, -0.2) is 30.0 Å². The Bertz CT molecular complexity index is 312. The first-order valence-electron chi connectivity index (χ1n) is 5.12. The zero-order chi connectivity index (χ0) is 11.3. The normalized spacial score (nSPS) is 10.9. The van der Waals surface area contributed by atoms with Crippen LogP contribution >= 0.6 is 11.6 Å². The molecule has 15 heavy (non-hydrogen) atoms. The lowest BCUT2D eigenvalue weighted by atomic mass is 10.3. The molecule has 0 saturated carbocycles. The van der Waals surface area contributed by atoms with Gasteiger partial charge in [-0.3, -0.25) is 4.68 Å². The first-order chi connectivity index (χ1) is 7.20. The molecule has 0 aromatic carbocycles. The zero-order valence-corrected chi connectivity index (χ0v) is 10.3. The number of halogens is 1. The predicted molar refractivity (Wildman–Crippen MR) is 61.2 cm³/mol. The number of ether oxygens (including phenoxy) is 1. The Labute approximate surface area is 95.6 Å². The van der Waals surface area contributed by atoms with E-state index in [9.17, 15) is 0 Å². The Balaban J connectivity index is 2.58. The highest BCUT2D eigenvalue weighted by molar-refractivity contribution is 6.31. The van der Waals surface area contributed by atoms with Crippen LogP contribution in [0, 0.1) is 6.92 Å². The van der Waals surface area contributed by atoms with E-state index in [2.05, 4.69) is 17.3 Å². The van der Waals surface area contributed by atoms with Crippen molar-refractivity contribution in [1.82, 2.24) is 15.1 Å². The van der Waals surface area contributed by atoms with Gasteiger partial charge in [-0.2, -0.15) is 5.10 Å². The van der Waals surface area contributed by atoms with E-state index in [0.29, 0.717) is 6.61 Å². The van der Waals surface area contributed by atoms with E-state index in [0.717, 1.165) is 36.0 Å². The van der Waals surface area contributed by atoms with E-state index in [-0.39, 0.29) is 0 Å². The molecule has 86 valence electrons. The molecule has 1 aromatic heterocycles. The standard InChI is InChI=1S/C10H18ClN3O/c1-4-14-9(7-12-5-6-15-3)10(11)8(2)13-14/h12H,4-7H2,1-3H3. The summed E-state index contributed by atoms with van der Waals surface area (Å²) in [7, 11) is 1.69. The van der Waals surface area contributed by atoms with Crippen LogP contribution in [0.5, 0.6) is 0 Å². The Morgan fingerprint density at radius 2 is 2.27 bits per heavy atom. The molecule has 1 N–H and O–H groups in total. The van der Waals surface area contributed by atoms with Gasteiger partial charge < -0.3 is 10.1 Å². The maximum atomic E-state index is 6.15. The lowest BCUT2D eigenvalue weighted by molar-refractivity contribution is 0.199. The SMILES string of the molecule is CCn1nc(C)c(Cl)c1CNCCOC. The number of aromatic nitrogens is 2. The smallest absolute Gasteiger partial charge is 0.0860 e. The van der Waals surface area contributed by atoms with Gasteiger partial charge in [-0.05, 0) is 13.8 Å². The summed E-state index contributed by atoms with van der Waals surface area (Å²) in [4.78, 5) is 0. The number of hydrogen-bond acceptors (Lipinski definition) is 3. The van der Waals surface area contributed by atoms with Gasteiger partial charge in [-0.25, -0.2) is 0 Å². The second-order valence-corrected chi connectivity index (χ2v) is 3.71. The fourth-order valence-electron chi connectivity index (χ4n) is 1.42. The first kappa shape index (κ1) is 12.5. The van der Waals surface area contributed by atoms with Crippen LogP contribution in [0.4, 0.5) is 0 Å². The van der Waals surface area contributed by atoms with Crippen molar-refractivity contribution < 1.29 is 4.74 Å². The third kappa shape index (κ3) is 3.19. The quantitative estimate of drug-likeness (QED) is 0.756. The molecule has 0 amide bonds. The molecule has 1 heterocycles. The second-order valence-electron chi connectivity index (χ2n) is 3.33. The van der Waals surface area contributed by atoms with Gasteiger partial charge in [0.15, 0.2) is 0 Å². The second kappa shape index (κ2) is 6.10. The molecule has 0 unspecified atom stereocenters. The van der Waals surface area contributed by atoms with Crippen molar-refractivity contribution in [3.8, 4) is 0 Å². The summed E-state index contributed by atoms with van der Waals surface area (Å²) in [6.07, 6.45) is 0. The molecule has 1 aromatic rings. The number of hydrogen-bond donors (Lipinski definition) is 1. The number of methoxy groups -OCH3 is 1. The zero-order valence-electron chi connectivity index (χ0n) is 9.51. The molecular formula is C10H18ClN3O. The average Bonchev–Trinajstić information content (AvgIpc) is 2.51. The minimum Gasteiger partial charge on any atom is -0.383 e. The summed E-state index contributed by atoms with van der Waals surface area (Å²) in [5.74, 6) is 0. The Morgan fingerprint density at radius 3 is 2.87 bits per heavy atom. The number of nitrogens with zero attached hydrogens (tertiary/aromatic N) is 2. The van der Waals surface area contributed by atoms with Crippen LogP contribution in [0.1, 0.15) is 18.3 Å². The van der Waals surface area contributed by atoms with Gasteiger partial charge in [0.1, 0.15) is 0 Å². The van der Waals surface area contributed by atoms with Crippen molar-refractivity contribution in [2.45, 2.75) is 26.9 Å². The topological polar surface area (TPSA) is 39.1 Å². The van der Waals surface area contributed by atoms with Crippen molar-refractivity contribution in [3.05, 3.63) is 16.4 Å². The van der Waals surface area contributed by atoms with E-state index in [1.807, 2.05) is 11.6 Å². The molecule has 0 atom stereocenters. The summed E-state index contributed by atoms with van der Waals surface area (Å²) in [6, 6.07) is 0. The average molecular weight is 232 g/mol. The molecule has 0 spiro atoms. The Morgan fingerprint density at radius 1 is 1.53 bits per heavy atom. The minimum absolute atomic E-state index is 0.705. The van der Waals surface area contributed by atoms with E-state index in [4.69, 9.17) is 16.3 Å². The van der Waals surface area contributed by atoms with Crippen molar-refractivity contribution in [2.75, 3.05) is 20.3 Å². The maximum absolute atomic E-state index is 6.15. The lowest BCUT2D eigenvalue weighted by Gasteiger charge is -2.06. The van der Waals surface area contributed by atoms with Crippen molar-refractivity contribution in [3.63, 3.8) is 0 Å². The summed E-state index contributed by atoms with van der Waals surface area (Å²) in [6.45, 7) is 7.08. The van der Waals surface area contributed by atoms with Crippen LogP contribution in [0.15, 0.2) is 0 Å². The lowest BCUT2D eigenvalue weighted by Crippen LogP contribution is -2.20. The van der Waals surface area contributed by atoms with Crippen LogP contribution < -0.4 is 5.32 Å². The molecule has 0 fully saturated rings. The van der Waals surface area contributed by atoms with Gasteiger partial charge in [-0.15, -0.1) is 0 Å². The molecule has 0 saturated heterocycles. The van der Waals surface area contributed by atoms with Crippen molar-refractivity contribution in [2.24, 2.45) is 0 Å². The summed E-state index contributed by atoms with van der Waals surface area (Å²) >= 11 is 6.15. The highest BCUT2D eigenvalue weighted by atomic mass is 35.5. The van der Waals surface area contributed by atoms with Crippen molar-refractivity contribution >= 4 is 11.6 Å². The third-order valence-electron chi connectivity index (χ3n) is 2.23. The minimum atomic E-state index is 0.705. The molecule has 1 rings (SSSR count). The van der Waals surface area contributed by atoms with Gasteiger partial charge in [-0.1, -0.05) is 11.6 Å². The van der Waals surface area contributed by atoms with Gasteiger partial charge in [0.05, 0.1) is 23.0 Å². The number of nitrogens with one attached hydrogen (secondary N) is 1. The van der Waals surface area contributed by atoms with Crippen LogP contribution in [0.3, 0.4) is 0 Å². The summed E-state index contributed by atoms with van der Waals surface area (Å²) in [5, 5.41) is 8.37. The van der Waals surface area contributed by atoms with Crippen LogP contribution in [0.25, 0.3) is 0 Å². The first-order valence-corrected chi connectivity index (χ1v) is 5.50. The number of rotatable bonds is 6. The van der Waals surface area contributed by atoms with Gasteiger partial charge in [0, 0.05) is 26.7 Å². The molecule has 0 aliphatic carbocycles. The molecule has 4 nitrogen and oxygen atoms in total. The fraction of sp³-hybridized carbons (Fsp3) is 0.700. The molecule has 0 aliphatic rings. The molecular weight excluding hydrogens is 214 g/mol. The van der Waals surface area contributed by atoms with Crippen LogP contribution in [0.2, 0.25) is 5.02 Å². The molecule has 0 radical (unpaired) electrons. The Kier molecular flexibility index (Phi) is 5.08. The van der Waals surface area contributed by atoms with Gasteiger partial charge in [0.25, 0.3) is 0 Å². The van der Waals surface area contributed by atoms with Crippen LogP contribution in [-0.2, 0) is 17.8 Å². The largest absolute Gasteiger partial charge is 0.383 e. The third-order valence-corrected chi connectivity index (χ3v) is 2.72. The van der Waals surface area contributed by atoms with E-state index in [1.165, 1.54) is 0 Å². The molecule has 5 heteroatoms. The highest BCUT2D eigenvalue weighted by Gasteiger charge is 2.11. The van der Waals surface area contributed by atoms with E-state index >= 15 is 0 Å². The monoisotopic (exact) mass is 231 g/mol. The van der Waals surface area contributed by atoms with Gasteiger partial charge >= 0.3 is 0 Å². The van der Waals surface area contributed by atoms with Crippen molar-refractivity contribution in [1.29, 1.82) is 0 Å². The Hall–Kier alpha value is -0.580. The summed E-state index contributed by atoms with van der Waals surface area (Å²) < 4.78 is 6.88. The molecule has 0 aliphatic heterocycles. The molecule has 0 bridgehead atoms.